The van der Waals surface area contributed by atoms with Crippen LogP contribution in [0.1, 0.15) is 37.8 Å². The third kappa shape index (κ3) is 2.60. The number of piperazine rings is 1. The number of piperidine rings is 1. The molecule has 1 aromatic rings. The van der Waals surface area contributed by atoms with Crippen LogP contribution in [0.3, 0.4) is 0 Å². The van der Waals surface area contributed by atoms with Crippen LogP contribution < -0.4 is 10.6 Å². The van der Waals surface area contributed by atoms with E-state index in [0.717, 1.165) is 18.9 Å². The Balaban J connectivity index is 1.79. The number of pyridine rings is 1. The van der Waals surface area contributed by atoms with Gasteiger partial charge in [-0.25, -0.2) is 4.98 Å². The minimum absolute atomic E-state index is 0.0492. The van der Waals surface area contributed by atoms with Gasteiger partial charge in [0, 0.05) is 43.5 Å². The maximum Gasteiger partial charge on any atom is 0.133 e. The van der Waals surface area contributed by atoms with Crippen LogP contribution in [0.4, 0.5) is 5.82 Å². The highest BCUT2D eigenvalue weighted by Gasteiger charge is 2.30. The highest BCUT2D eigenvalue weighted by atomic mass is 15.3. The minimum atomic E-state index is 0.0492. The summed E-state index contributed by atoms with van der Waals surface area (Å²) < 4.78 is 0. The van der Waals surface area contributed by atoms with Crippen molar-refractivity contribution >= 4 is 5.82 Å². The second-order valence-electron chi connectivity index (χ2n) is 5.84. The van der Waals surface area contributed by atoms with Gasteiger partial charge < -0.3 is 10.6 Å². The van der Waals surface area contributed by atoms with Crippen LogP contribution in [-0.2, 0) is 0 Å². The van der Waals surface area contributed by atoms with E-state index < -0.39 is 0 Å². The third-order valence-electron chi connectivity index (χ3n) is 4.44. The predicted molar refractivity (Wildman–Crippen MR) is 78.3 cm³/mol. The van der Waals surface area contributed by atoms with Crippen LogP contribution >= 0.6 is 0 Å². The molecule has 0 saturated carbocycles. The van der Waals surface area contributed by atoms with Crippen LogP contribution in [-0.4, -0.2) is 42.1 Å². The number of anilines is 1. The van der Waals surface area contributed by atoms with Gasteiger partial charge in [-0.3, -0.25) is 4.90 Å². The summed E-state index contributed by atoms with van der Waals surface area (Å²) in [5.74, 6) is 1.10. The van der Waals surface area contributed by atoms with E-state index in [-0.39, 0.29) is 6.04 Å². The molecule has 1 aromatic heterocycles. The molecule has 4 heteroatoms. The van der Waals surface area contributed by atoms with Crippen LogP contribution in [0.25, 0.3) is 0 Å². The zero-order chi connectivity index (χ0) is 13.2. The molecule has 2 fully saturated rings. The zero-order valence-corrected chi connectivity index (χ0v) is 11.8. The number of rotatable bonds is 2. The molecule has 2 N–H and O–H groups in total. The fourth-order valence-electron chi connectivity index (χ4n) is 3.38. The quantitative estimate of drug-likeness (QED) is 0.880. The molecule has 0 radical (unpaired) electrons. The van der Waals surface area contributed by atoms with Gasteiger partial charge in [0.15, 0.2) is 0 Å². The van der Waals surface area contributed by atoms with Crippen LogP contribution in [0.2, 0.25) is 0 Å². The summed E-state index contributed by atoms with van der Waals surface area (Å²) in [6, 6.07) is 4.86. The summed E-state index contributed by atoms with van der Waals surface area (Å²) in [6.45, 7) is 6.67. The summed E-state index contributed by atoms with van der Waals surface area (Å²) in [7, 11) is 0. The number of hydrogen-bond acceptors (Lipinski definition) is 4. The lowest BCUT2D eigenvalue weighted by Gasteiger charge is -2.45. The fraction of sp³-hybridized carbons (Fsp3) is 0.667. The van der Waals surface area contributed by atoms with E-state index in [4.69, 9.17) is 5.73 Å². The Kier molecular flexibility index (Phi) is 3.71. The van der Waals surface area contributed by atoms with E-state index in [0.29, 0.717) is 6.04 Å². The van der Waals surface area contributed by atoms with Gasteiger partial charge in [0.25, 0.3) is 0 Å². The SMILES string of the molecule is C[C@H](N)c1cccnc1N1CCN2CCCCC2C1. The highest BCUT2D eigenvalue weighted by molar-refractivity contribution is 5.48. The molecule has 3 heterocycles. The van der Waals surface area contributed by atoms with Crippen LogP contribution in [0.15, 0.2) is 18.3 Å². The third-order valence-corrected chi connectivity index (χ3v) is 4.44. The second kappa shape index (κ2) is 5.47. The number of nitrogens with two attached hydrogens (primary N) is 1. The Bertz CT molecular complexity index is 432. The van der Waals surface area contributed by atoms with Crippen molar-refractivity contribution < 1.29 is 0 Å². The van der Waals surface area contributed by atoms with Crippen molar-refractivity contribution in [2.75, 3.05) is 31.1 Å². The Morgan fingerprint density at radius 1 is 1.32 bits per heavy atom. The van der Waals surface area contributed by atoms with Crippen molar-refractivity contribution in [3.63, 3.8) is 0 Å². The number of nitrogens with zero attached hydrogens (tertiary/aromatic N) is 3. The lowest BCUT2D eigenvalue weighted by Crippen LogP contribution is -2.55. The topological polar surface area (TPSA) is 45.4 Å². The van der Waals surface area contributed by atoms with Gasteiger partial charge in [0.05, 0.1) is 0 Å². The second-order valence-corrected chi connectivity index (χ2v) is 5.84. The van der Waals surface area contributed by atoms with Crippen LogP contribution in [0, 0.1) is 0 Å². The minimum Gasteiger partial charge on any atom is -0.353 e. The van der Waals surface area contributed by atoms with E-state index in [1.165, 1.54) is 37.9 Å². The molecule has 2 aliphatic rings. The molecular formula is C15H24N4. The van der Waals surface area contributed by atoms with Gasteiger partial charge in [-0.05, 0) is 32.4 Å². The maximum atomic E-state index is 6.08. The van der Waals surface area contributed by atoms with E-state index >= 15 is 0 Å². The predicted octanol–water partition coefficient (Wildman–Crippen LogP) is 1.78. The summed E-state index contributed by atoms with van der Waals surface area (Å²) in [5.41, 5.74) is 7.25. The van der Waals surface area contributed by atoms with E-state index in [2.05, 4.69) is 20.9 Å². The molecule has 3 rings (SSSR count). The molecule has 0 amide bonds. The Morgan fingerprint density at radius 3 is 3.05 bits per heavy atom. The summed E-state index contributed by atoms with van der Waals surface area (Å²) in [4.78, 5) is 9.67. The van der Waals surface area contributed by atoms with Crippen LogP contribution in [0.5, 0.6) is 0 Å². The van der Waals surface area contributed by atoms with Gasteiger partial charge in [0.1, 0.15) is 5.82 Å². The molecule has 19 heavy (non-hydrogen) atoms. The number of fused-ring (bicyclic) bond motifs is 1. The first kappa shape index (κ1) is 12.9. The summed E-state index contributed by atoms with van der Waals surface area (Å²) in [6.07, 6.45) is 5.95. The van der Waals surface area contributed by atoms with Crippen molar-refractivity contribution in [3.05, 3.63) is 23.9 Å². The van der Waals surface area contributed by atoms with Crippen molar-refractivity contribution in [1.82, 2.24) is 9.88 Å². The molecule has 0 aliphatic carbocycles. The van der Waals surface area contributed by atoms with Crippen molar-refractivity contribution in [2.45, 2.75) is 38.3 Å². The molecule has 0 bridgehead atoms. The molecule has 2 aliphatic heterocycles. The average Bonchev–Trinajstić information content (AvgIpc) is 2.46. The fourth-order valence-corrected chi connectivity index (χ4v) is 3.38. The number of aromatic nitrogens is 1. The summed E-state index contributed by atoms with van der Waals surface area (Å²) in [5, 5.41) is 0. The smallest absolute Gasteiger partial charge is 0.133 e. The first-order chi connectivity index (χ1) is 9.25. The average molecular weight is 260 g/mol. The largest absolute Gasteiger partial charge is 0.353 e. The van der Waals surface area contributed by atoms with E-state index in [1.807, 2.05) is 19.2 Å². The Labute approximate surface area is 115 Å². The first-order valence-electron chi connectivity index (χ1n) is 7.45. The molecule has 0 spiro atoms. The lowest BCUT2D eigenvalue weighted by molar-refractivity contribution is 0.133. The molecule has 2 atom stereocenters. The standard InChI is InChI=1S/C15H24N4/c1-12(16)14-6-4-7-17-15(14)19-10-9-18-8-3-2-5-13(18)11-19/h4,6-7,12-13H,2-3,5,8-11,16H2,1H3/t12-,13?/m0/s1. The Morgan fingerprint density at radius 2 is 2.21 bits per heavy atom. The Hall–Kier alpha value is -1.13. The van der Waals surface area contributed by atoms with Gasteiger partial charge in [0.2, 0.25) is 0 Å². The van der Waals surface area contributed by atoms with E-state index in [9.17, 15) is 0 Å². The molecule has 2 saturated heterocycles. The van der Waals surface area contributed by atoms with Gasteiger partial charge >= 0.3 is 0 Å². The molecular weight excluding hydrogens is 236 g/mol. The zero-order valence-electron chi connectivity index (χ0n) is 11.8. The van der Waals surface area contributed by atoms with E-state index in [1.54, 1.807) is 0 Å². The molecule has 0 aromatic carbocycles. The summed E-state index contributed by atoms with van der Waals surface area (Å²) >= 11 is 0. The highest BCUT2D eigenvalue weighted by Crippen LogP contribution is 2.27. The van der Waals surface area contributed by atoms with Crippen molar-refractivity contribution in [3.8, 4) is 0 Å². The van der Waals surface area contributed by atoms with Crippen molar-refractivity contribution in [2.24, 2.45) is 5.73 Å². The number of hydrogen-bond donors (Lipinski definition) is 1. The first-order valence-corrected chi connectivity index (χ1v) is 7.45. The van der Waals surface area contributed by atoms with Gasteiger partial charge in [-0.1, -0.05) is 12.5 Å². The van der Waals surface area contributed by atoms with Gasteiger partial charge in [-0.2, -0.15) is 0 Å². The van der Waals surface area contributed by atoms with Gasteiger partial charge in [-0.15, -0.1) is 0 Å². The molecule has 1 unspecified atom stereocenters. The molecule has 104 valence electrons. The molecule has 4 nitrogen and oxygen atoms in total. The maximum absolute atomic E-state index is 6.08. The monoisotopic (exact) mass is 260 g/mol. The normalized spacial score (nSPS) is 26.0. The van der Waals surface area contributed by atoms with Crippen molar-refractivity contribution in [1.29, 1.82) is 0 Å². The lowest BCUT2D eigenvalue weighted by atomic mass is 9.99.